The van der Waals surface area contributed by atoms with E-state index in [1.165, 1.54) is 0 Å². The molecule has 3 aromatic rings. The Hall–Kier alpha value is -3.61. The minimum absolute atomic E-state index is 0.0142. The van der Waals surface area contributed by atoms with Crippen LogP contribution in [0.15, 0.2) is 65.2 Å². The first kappa shape index (κ1) is 20.1. The Labute approximate surface area is 164 Å². The third-order valence-electron chi connectivity index (χ3n) is 4.09. The molecule has 1 N–H and O–H groups in total. The number of benzene rings is 3. The van der Waals surface area contributed by atoms with Crippen molar-refractivity contribution in [3.8, 4) is 0 Å². The van der Waals surface area contributed by atoms with Crippen molar-refractivity contribution in [3.05, 3.63) is 83.2 Å². The van der Waals surface area contributed by atoms with E-state index in [4.69, 9.17) is 4.74 Å². The van der Waals surface area contributed by atoms with Gasteiger partial charge in [-0.15, -0.1) is 0 Å². The van der Waals surface area contributed by atoms with E-state index in [-0.39, 0.29) is 12.7 Å². The summed E-state index contributed by atoms with van der Waals surface area (Å²) in [5, 5.41) is 12.3. The predicted octanol–water partition coefficient (Wildman–Crippen LogP) is 5.49. The van der Waals surface area contributed by atoms with Gasteiger partial charge in [0.15, 0.2) is 11.6 Å². The van der Waals surface area contributed by atoms with Crippen molar-refractivity contribution in [2.45, 2.75) is 6.92 Å². The molecular weight excluding hydrogens is 383 g/mol. The van der Waals surface area contributed by atoms with Gasteiger partial charge in [-0.05, 0) is 35.9 Å². The van der Waals surface area contributed by atoms with Crippen molar-refractivity contribution in [3.63, 3.8) is 0 Å². The Balaban J connectivity index is 2.06. The molecule has 0 fully saturated rings. The zero-order valence-electron chi connectivity index (χ0n) is 15.3. The maximum Gasteiger partial charge on any atom is 0.343 e. The monoisotopic (exact) mass is 399 g/mol. The molecule has 4 nitrogen and oxygen atoms in total. The first-order valence-electron chi connectivity index (χ1n) is 8.69. The Kier molecular flexibility index (Phi) is 5.97. The normalized spacial score (nSPS) is 12.3. The average molecular weight is 399 g/mol. The first-order chi connectivity index (χ1) is 13.9. The summed E-state index contributed by atoms with van der Waals surface area (Å²) in [7, 11) is 0. The molecule has 0 radical (unpaired) electrons. The highest BCUT2D eigenvalue weighted by Gasteiger charge is 2.21. The summed E-state index contributed by atoms with van der Waals surface area (Å²) in [5.74, 6) is -5.92. The SMILES string of the molecule is CCOC(=O)/C(C=Nc1ccc2ccccc2c1)=C(\O)c1cc(F)c(F)cc1F. The Morgan fingerprint density at radius 3 is 2.41 bits per heavy atom. The lowest BCUT2D eigenvalue weighted by atomic mass is 10.1. The summed E-state index contributed by atoms with van der Waals surface area (Å²) in [6.07, 6.45) is 0.998. The second kappa shape index (κ2) is 8.60. The van der Waals surface area contributed by atoms with Crippen LogP contribution in [0.4, 0.5) is 18.9 Å². The number of aliphatic hydroxyl groups is 1. The third-order valence-corrected chi connectivity index (χ3v) is 4.09. The van der Waals surface area contributed by atoms with Gasteiger partial charge in [-0.25, -0.2) is 18.0 Å². The number of carbonyl (C=O) groups excluding carboxylic acids is 1. The minimum Gasteiger partial charge on any atom is -0.506 e. The molecule has 0 amide bonds. The van der Waals surface area contributed by atoms with E-state index in [1.54, 1.807) is 19.1 Å². The number of carbonyl (C=O) groups is 1. The lowest BCUT2D eigenvalue weighted by Crippen LogP contribution is -2.12. The van der Waals surface area contributed by atoms with Crippen LogP contribution in [-0.2, 0) is 9.53 Å². The van der Waals surface area contributed by atoms with Crippen molar-refractivity contribution >= 4 is 34.4 Å². The molecule has 0 aromatic heterocycles. The molecule has 3 aromatic carbocycles. The van der Waals surface area contributed by atoms with Crippen molar-refractivity contribution in [2.75, 3.05) is 6.61 Å². The number of aliphatic imine (C=N–C) groups is 1. The highest BCUT2D eigenvalue weighted by Crippen LogP contribution is 2.24. The van der Waals surface area contributed by atoms with E-state index in [0.717, 1.165) is 17.0 Å². The number of hydrogen-bond donors (Lipinski definition) is 1. The quantitative estimate of drug-likeness (QED) is 0.203. The molecule has 148 valence electrons. The Bertz CT molecular complexity index is 1140. The van der Waals surface area contributed by atoms with Gasteiger partial charge < -0.3 is 9.84 Å². The highest BCUT2D eigenvalue weighted by atomic mass is 19.2. The summed E-state index contributed by atoms with van der Waals surface area (Å²) < 4.78 is 45.6. The van der Waals surface area contributed by atoms with Crippen LogP contribution in [0.2, 0.25) is 0 Å². The smallest absolute Gasteiger partial charge is 0.343 e. The van der Waals surface area contributed by atoms with Crippen molar-refractivity contribution in [1.82, 2.24) is 0 Å². The van der Waals surface area contributed by atoms with Gasteiger partial charge in [0.25, 0.3) is 0 Å². The number of halogens is 3. The van der Waals surface area contributed by atoms with E-state index in [9.17, 15) is 23.1 Å². The van der Waals surface area contributed by atoms with Crippen LogP contribution >= 0.6 is 0 Å². The number of esters is 1. The molecule has 0 aliphatic carbocycles. The zero-order chi connectivity index (χ0) is 21.0. The molecule has 0 unspecified atom stereocenters. The van der Waals surface area contributed by atoms with Gasteiger partial charge in [0, 0.05) is 12.3 Å². The van der Waals surface area contributed by atoms with E-state index >= 15 is 0 Å². The molecule has 0 spiro atoms. The lowest BCUT2D eigenvalue weighted by molar-refractivity contribution is -0.137. The van der Waals surface area contributed by atoms with Gasteiger partial charge in [0.2, 0.25) is 0 Å². The van der Waals surface area contributed by atoms with Crippen LogP contribution in [0.1, 0.15) is 12.5 Å². The number of nitrogens with zero attached hydrogens (tertiary/aromatic N) is 1. The average Bonchev–Trinajstić information content (AvgIpc) is 2.70. The summed E-state index contributed by atoms with van der Waals surface area (Å²) >= 11 is 0. The van der Waals surface area contributed by atoms with Crippen molar-refractivity contribution in [1.29, 1.82) is 0 Å². The molecule has 0 saturated carbocycles. The van der Waals surface area contributed by atoms with Gasteiger partial charge in [-0.1, -0.05) is 30.3 Å². The number of hydrogen-bond acceptors (Lipinski definition) is 4. The molecule has 7 heteroatoms. The van der Waals surface area contributed by atoms with E-state index < -0.39 is 40.3 Å². The second-order valence-electron chi connectivity index (χ2n) is 6.02. The lowest BCUT2D eigenvalue weighted by Gasteiger charge is -2.08. The molecule has 0 heterocycles. The van der Waals surface area contributed by atoms with Crippen LogP contribution in [0, 0.1) is 17.5 Å². The van der Waals surface area contributed by atoms with Crippen LogP contribution in [0.5, 0.6) is 0 Å². The second-order valence-corrected chi connectivity index (χ2v) is 6.02. The predicted molar refractivity (Wildman–Crippen MR) is 105 cm³/mol. The largest absolute Gasteiger partial charge is 0.506 e. The molecule has 3 rings (SSSR count). The molecule has 0 saturated heterocycles. The highest BCUT2D eigenvalue weighted by molar-refractivity contribution is 6.15. The number of rotatable bonds is 5. The fourth-order valence-corrected chi connectivity index (χ4v) is 2.66. The number of aliphatic hydroxyl groups excluding tert-OH is 1. The molecule has 0 bridgehead atoms. The Morgan fingerprint density at radius 1 is 1.00 bits per heavy atom. The topological polar surface area (TPSA) is 58.9 Å². The summed E-state index contributed by atoms with van der Waals surface area (Å²) in [4.78, 5) is 16.4. The van der Waals surface area contributed by atoms with Gasteiger partial charge in [-0.2, -0.15) is 0 Å². The van der Waals surface area contributed by atoms with Gasteiger partial charge in [0.05, 0.1) is 17.9 Å². The Morgan fingerprint density at radius 2 is 1.69 bits per heavy atom. The van der Waals surface area contributed by atoms with Gasteiger partial charge >= 0.3 is 5.97 Å². The van der Waals surface area contributed by atoms with Crippen molar-refractivity contribution < 1.29 is 27.8 Å². The molecular formula is C22H16F3NO3. The first-order valence-corrected chi connectivity index (χ1v) is 8.69. The molecule has 29 heavy (non-hydrogen) atoms. The maximum absolute atomic E-state index is 14.0. The van der Waals surface area contributed by atoms with Crippen molar-refractivity contribution in [2.24, 2.45) is 4.99 Å². The summed E-state index contributed by atoms with van der Waals surface area (Å²) in [5.41, 5.74) is -0.717. The fraction of sp³-hybridized carbons (Fsp3) is 0.0909. The third kappa shape index (κ3) is 4.45. The van der Waals surface area contributed by atoms with Gasteiger partial charge in [0.1, 0.15) is 17.1 Å². The zero-order valence-corrected chi connectivity index (χ0v) is 15.3. The van der Waals surface area contributed by atoms with Gasteiger partial charge in [-0.3, -0.25) is 4.99 Å². The fourth-order valence-electron chi connectivity index (χ4n) is 2.66. The molecule has 0 atom stereocenters. The van der Waals surface area contributed by atoms with Crippen LogP contribution in [-0.4, -0.2) is 23.9 Å². The maximum atomic E-state index is 14.0. The molecule has 0 aliphatic heterocycles. The van der Waals surface area contributed by atoms with Crippen LogP contribution in [0.3, 0.4) is 0 Å². The molecule has 0 aliphatic rings. The minimum atomic E-state index is -1.42. The van der Waals surface area contributed by atoms with Crippen LogP contribution < -0.4 is 0 Å². The number of ether oxygens (including phenoxy) is 1. The van der Waals surface area contributed by atoms with E-state index in [0.29, 0.717) is 11.8 Å². The van der Waals surface area contributed by atoms with E-state index in [2.05, 4.69) is 4.99 Å². The number of fused-ring (bicyclic) bond motifs is 1. The summed E-state index contributed by atoms with van der Waals surface area (Å²) in [6.45, 7) is 1.53. The van der Waals surface area contributed by atoms with E-state index in [1.807, 2.05) is 30.3 Å². The standard InChI is InChI=1S/C22H16F3NO3/c1-2-29-22(28)17(21(27)16-10-19(24)20(25)11-18(16)23)12-26-15-8-7-13-5-3-4-6-14(13)9-15/h3-12,27H,2H2,1H3/b21-17-,26-12?. The van der Waals surface area contributed by atoms with Crippen LogP contribution in [0.25, 0.3) is 16.5 Å². The summed E-state index contributed by atoms with van der Waals surface area (Å²) in [6, 6.07) is 13.6.